The van der Waals surface area contributed by atoms with E-state index < -0.39 is 4.92 Å². The van der Waals surface area contributed by atoms with E-state index in [-0.39, 0.29) is 23.5 Å². The molecular formula is C27H34N4O4. The number of anilines is 1. The molecule has 4 rings (SSSR count). The van der Waals surface area contributed by atoms with Gasteiger partial charge in [-0.15, -0.1) is 0 Å². The predicted octanol–water partition coefficient (Wildman–Crippen LogP) is 4.67. The van der Waals surface area contributed by atoms with E-state index >= 15 is 0 Å². The van der Waals surface area contributed by atoms with Crippen LogP contribution in [0, 0.1) is 16.0 Å². The second-order valence-electron chi connectivity index (χ2n) is 9.89. The molecule has 1 atom stereocenters. The van der Waals surface area contributed by atoms with E-state index in [1.54, 1.807) is 11.0 Å². The number of piperazine rings is 1. The fourth-order valence-electron chi connectivity index (χ4n) is 5.26. The van der Waals surface area contributed by atoms with Gasteiger partial charge in [-0.3, -0.25) is 24.6 Å². The molecule has 2 aliphatic rings. The average Bonchev–Trinajstić information content (AvgIpc) is 3.39. The molecule has 8 heteroatoms. The number of hydrogen-bond donors (Lipinski definition) is 1. The Morgan fingerprint density at radius 3 is 2.26 bits per heavy atom. The zero-order chi connectivity index (χ0) is 24.9. The highest BCUT2D eigenvalue weighted by atomic mass is 16.6. The van der Waals surface area contributed by atoms with Crippen molar-refractivity contribution >= 4 is 23.2 Å². The van der Waals surface area contributed by atoms with Crippen LogP contribution in [-0.4, -0.2) is 58.8 Å². The van der Waals surface area contributed by atoms with Crippen LogP contribution >= 0.6 is 0 Å². The Labute approximate surface area is 206 Å². The minimum atomic E-state index is -0.490. The van der Waals surface area contributed by atoms with Crippen molar-refractivity contribution in [1.29, 1.82) is 0 Å². The fraction of sp³-hybridized carbons (Fsp3) is 0.481. The number of nitro groups is 1. The van der Waals surface area contributed by atoms with Crippen LogP contribution in [-0.2, 0) is 4.79 Å². The first-order valence-corrected chi connectivity index (χ1v) is 12.5. The lowest BCUT2D eigenvalue weighted by molar-refractivity contribution is -0.384. The Morgan fingerprint density at radius 2 is 1.66 bits per heavy atom. The van der Waals surface area contributed by atoms with Crippen LogP contribution in [0.1, 0.15) is 61.4 Å². The van der Waals surface area contributed by atoms with Crippen LogP contribution in [0.15, 0.2) is 48.5 Å². The summed E-state index contributed by atoms with van der Waals surface area (Å²) < 4.78 is 0. The highest BCUT2D eigenvalue weighted by molar-refractivity contribution is 5.96. The van der Waals surface area contributed by atoms with Gasteiger partial charge in [0, 0.05) is 49.6 Å². The standard InChI is InChI=1S/C27H34N4O4/c1-19(2)20-10-12-23(13-11-20)28-26(32)25(21-6-3-4-7-21)29-14-16-30(17-15-29)27(33)22-8-5-9-24(18-22)31(34)35/h5,8-13,18-19,21,25H,3-4,6-7,14-17H2,1-2H3,(H,28,32). The van der Waals surface area contributed by atoms with E-state index in [1.807, 2.05) is 12.1 Å². The smallest absolute Gasteiger partial charge is 0.270 e. The van der Waals surface area contributed by atoms with Crippen LogP contribution in [0.4, 0.5) is 11.4 Å². The third kappa shape index (κ3) is 5.88. The van der Waals surface area contributed by atoms with Gasteiger partial charge < -0.3 is 10.2 Å². The lowest BCUT2D eigenvalue weighted by atomic mass is 9.94. The molecule has 0 spiro atoms. The minimum Gasteiger partial charge on any atom is -0.336 e. The number of benzene rings is 2. The van der Waals surface area contributed by atoms with Gasteiger partial charge in [0.1, 0.15) is 0 Å². The first kappa shape index (κ1) is 24.9. The maximum Gasteiger partial charge on any atom is 0.270 e. The Kier molecular flexibility index (Phi) is 7.80. The summed E-state index contributed by atoms with van der Waals surface area (Å²) in [7, 11) is 0. The second-order valence-corrected chi connectivity index (χ2v) is 9.89. The van der Waals surface area contributed by atoms with Gasteiger partial charge in [0.2, 0.25) is 5.91 Å². The van der Waals surface area contributed by atoms with Crippen molar-refractivity contribution in [2.75, 3.05) is 31.5 Å². The summed E-state index contributed by atoms with van der Waals surface area (Å²) in [5.41, 5.74) is 2.28. The van der Waals surface area contributed by atoms with Crippen LogP contribution in [0.3, 0.4) is 0 Å². The molecule has 1 heterocycles. The molecule has 0 aromatic heterocycles. The summed E-state index contributed by atoms with van der Waals surface area (Å²) in [5, 5.41) is 14.2. The Bertz CT molecular complexity index is 1060. The molecule has 2 amide bonds. The van der Waals surface area contributed by atoms with Gasteiger partial charge in [0.25, 0.3) is 11.6 Å². The van der Waals surface area contributed by atoms with Crippen LogP contribution < -0.4 is 5.32 Å². The third-order valence-corrected chi connectivity index (χ3v) is 7.26. The number of carbonyl (C=O) groups is 2. The maximum absolute atomic E-state index is 13.5. The number of hydrogen-bond acceptors (Lipinski definition) is 5. The van der Waals surface area contributed by atoms with E-state index in [0.29, 0.717) is 43.6 Å². The number of nitrogens with zero attached hydrogens (tertiary/aromatic N) is 3. The summed E-state index contributed by atoms with van der Waals surface area (Å²) in [4.78, 5) is 40.9. The van der Waals surface area contributed by atoms with Crippen molar-refractivity contribution in [3.63, 3.8) is 0 Å². The largest absolute Gasteiger partial charge is 0.336 e. The van der Waals surface area contributed by atoms with Crippen molar-refractivity contribution in [1.82, 2.24) is 9.80 Å². The van der Waals surface area contributed by atoms with Crippen molar-refractivity contribution in [3.05, 3.63) is 69.8 Å². The van der Waals surface area contributed by atoms with Gasteiger partial charge in [-0.2, -0.15) is 0 Å². The van der Waals surface area contributed by atoms with Crippen molar-refractivity contribution in [2.45, 2.75) is 51.5 Å². The number of amides is 2. The summed E-state index contributed by atoms with van der Waals surface area (Å²) >= 11 is 0. The first-order chi connectivity index (χ1) is 16.8. The fourth-order valence-corrected chi connectivity index (χ4v) is 5.26. The van der Waals surface area contributed by atoms with Crippen LogP contribution in [0.25, 0.3) is 0 Å². The number of non-ortho nitro benzene ring substituents is 1. The van der Waals surface area contributed by atoms with Gasteiger partial charge in [0.15, 0.2) is 0 Å². The molecule has 1 saturated carbocycles. The summed E-state index contributed by atoms with van der Waals surface area (Å²) in [5.74, 6) is 0.559. The van der Waals surface area contributed by atoms with Gasteiger partial charge in [0.05, 0.1) is 11.0 Å². The summed E-state index contributed by atoms with van der Waals surface area (Å²) in [6.07, 6.45) is 4.36. The normalized spacial score (nSPS) is 18.0. The Morgan fingerprint density at radius 1 is 1.00 bits per heavy atom. The number of rotatable bonds is 7. The van der Waals surface area contributed by atoms with Gasteiger partial charge in [-0.25, -0.2) is 0 Å². The average molecular weight is 479 g/mol. The highest BCUT2D eigenvalue weighted by Gasteiger charge is 2.37. The summed E-state index contributed by atoms with van der Waals surface area (Å²) in [6, 6.07) is 13.7. The molecular weight excluding hydrogens is 444 g/mol. The molecule has 2 aromatic rings. The lowest BCUT2D eigenvalue weighted by Crippen LogP contribution is -2.56. The first-order valence-electron chi connectivity index (χ1n) is 12.5. The molecule has 8 nitrogen and oxygen atoms in total. The monoisotopic (exact) mass is 478 g/mol. The minimum absolute atomic E-state index is 0.0210. The zero-order valence-corrected chi connectivity index (χ0v) is 20.5. The maximum atomic E-state index is 13.5. The van der Waals surface area contributed by atoms with Crippen molar-refractivity contribution in [3.8, 4) is 0 Å². The summed E-state index contributed by atoms with van der Waals surface area (Å²) in [6.45, 7) is 6.46. The molecule has 1 N–H and O–H groups in total. The van der Waals surface area contributed by atoms with E-state index in [4.69, 9.17) is 0 Å². The molecule has 2 aromatic carbocycles. The van der Waals surface area contributed by atoms with Gasteiger partial charge in [-0.05, 0) is 48.4 Å². The van der Waals surface area contributed by atoms with E-state index in [1.165, 1.54) is 23.8 Å². The zero-order valence-electron chi connectivity index (χ0n) is 20.5. The molecule has 35 heavy (non-hydrogen) atoms. The molecule has 186 valence electrons. The Hall–Kier alpha value is -3.26. The molecule has 1 aliphatic heterocycles. The third-order valence-electron chi connectivity index (χ3n) is 7.26. The van der Waals surface area contributed by atoms with E-state index in [9.17, 15) is 19.7 Å². The SMILES string of the molecule is CC(C)c1ccc(NC(=O)C(C2CCCC2)N2CCN(C(=O)c3cccc([N+](=O)[O-])c3)CC2)cc1. The van der Waals surface area contributed by atoms with Gasteiger partial charge >= 0.3 is 0 Å². The van der Waals surface area contributed by atoms with Crippen LogP contribution in [0.5, 0.6) is 0 Å². The van der Waals surface area contributed by atoms with E-state index in [2.05, 4.69) is 36.2 Å². The molecule has 0 radical (unpaired) electrons. The molecule has 1 saturated heterocycles. The quantitative estimate of drug-likeness (QED) is 0.461. The molecule has 0 bridgehead atoms. The number of nitro benzene ring substituents is 1. The number of nitrogens with one attached hydrogen (secondary N) is 1. The van der Waals surface area contributed by atoms with Crippen molar-refractivity contribution in [2.24, 2.45) is 5.92 Å². The lowest BCUT2D eigenvalue weighted by Gasteiger charge is -2.40. The van der Waals surface area contributed by atoms with E-state index in [0.717, 1.165) is 31.4 Å². The second kappa shape index (κ2) is 11.0. The molecule has 1 aliphatic carbocycles. The Balaban J connectivity index is 1.42. The molecule has 2 fully saturated rings. The van der Waals surface area contributed by atoms with Gasteiger partial charge in [-0.1, -0.05) is 44.9 Å². The van der Waals surface area contributed by atoms with Crippen molar-refractivity contribution < 1.29 is 14.5 Å². The molecule has 1 unspecified atom stereocenters. The highest BCUT2D eigenvalue weighted by Crippen LogP contribution is 2.32. The predicted molar refractivity (Wildman–Crippen MR) is 135 cm³/mol. The van der Waals surface area contributed by atoms with Crippen LogP contribution in [0.2, 0.25) is 0 Å². The topological polar surface area (TPSA) is 95.8 Å². The number of carbonyl (C=O) groups excluding carboxylic acids is 2.